The second-order valence-electron chi connectivity index (χ2n) is 3.81. The van der Waals surface area contributed by atoms with Crippen molar-refractivity contribution in [3.8, 4) is 11.6 Å². The molecule has 0 spiro atoms. The summed E-state index contributed by atoms with van der Waals surface area (Å²) in [5, 5.41) is 1.04. The first kappa shape index (κ1) is 13.1. The third kappa shape index (κ3) is 3.13. The Kier molecular flexibility index (Phi) is 4.07. The van der Waals surface area contributed by atoms with Gasteiger partial charge in [0.05, 0.1) is 0 Å². The number of aryl methyl sites for hydroxylation is 1. The van der Waals surface area contributed by atoms with Crippen LogP contribution in [0.1, 0.15) is 11.3 Å². The van der Waals surface area contributed by atoms with Crippen molar-refractivity contribution in [2.24, 2.45) is 5.73 Å². The molecule has 1 aromatic heterocycles. The number of nitrogens with two attached hydrogens (primary N) is 1. The molecule has 94 valence electrons. The summed E-state index contributed by atoms with van der Waals surface area (Å²) in [5.74, 6) is 1.04. The Balaban J connectivity index is 2.25. The fourth-order valence-electron chi connectivity index (χ4n) is 1.55. The zero-order valence-corrected chi connectivity index (χ0v) is 11.3. The average Bonchev–Trinajstić information content (AvgIpc) is 2.27. The van der Waals surface area contributed by atoms with E-state index in [0.29, 0.717) is 28.2 Å². The Bertz CT molecular complexity index is 553. The van der Waals surface area contributed by atoms with E-state index in [4.69, 9.17) is 33.7 Å². The monoisotopic (exact) mass is 282 g/mol. The Morgan fingerprint density at radius 2 is 1.83 bits per heavy atom. The van der Waals surface area contributed by atoms with Gasteiger partial charge in [-0.2, -0.15) is 0 Å². The van der Waals surface area contributed by atoms with Gasteiger partial charge in [0.2, 0.25) is 5.88 Å². The predicted octanol–water partition coefficient (Wildman–Crippen LogP) is 3.95. The predicted molar refractivity (Wildman–Crippen MR) is 73.4 cm³/mol. The third-order valence-electron chi connectivity index (χ3n) is 2.45. The van der Waals surface area contributed by atoms with Crippen molar-refractivity contribution in [3.05, 3.63) is 51.6 Å². The van der Waals surface area contributed by atoms with Gasteiger partial charge >= 0.3 is 0 Å². The van der Waals surface area contributed by atoms with Crippen LogP contribution in [-0.2, 0) is 6.54 Å². The van der Waals surface area contributed by atoms with E-state index in [0.717, 1.165) is 11.3 Å². The van der Waals surface area contributed by atoms with Gasteiger partial charge in [-0.3, -0.25) is 0 Å². The molecule has 3 nitrogen and oxygen atoms in total. The Morgan fingerprint density at radius 3 is 2.39 bits per heavy atom. The van der Waals surface area contributed by atoms with Crippen LogP contribution in [0.25, 0.3) is 0 Å². The Labute approximate surface area is 115 Å². The highest BCUT2D eigenvalue weighted by molar-refractivity contribution is 6.34. The van der Waals surface area contributed by atoms with Gasteiger partial charge in [-0.15, -0.1) is 0 Å². The van der Waals surface area contributed by atoms with Crippen molar-refractivity contribution in [2.45, 2.75) is 13.5 Å². The molecule has 2 aromatic rings. The summed E-state index contributed by atoms with van der Waals surface area (Å²) in [5.41, 5.74) is 7.42. The maximum atomic E-state index is 5.89. The van der Waals surface area contributed by atoms with E-state index in [1.165, 1.54) is 0 Å². The number of ether oxygens (including phenoxy) is 1. The van der Waals surface area contributed by atoms with Gasteiger partial charge in [0, 0.05) is 28.4 Å². The molecular weight excluding hydrogens is 271 g/mol. The van der Waals surface area contributed by atoms with E-state index in [1.807, 2.05) is 13.0 Å². The maximum Gasteiger partial charge on any atom is 0.219 e. The second kappa shape index (κ2) is 5.57. The minimum absolute atomic E-state index is 0.460. The van der Waals surface area contributed by atoms with E-state index in [-0.39, 0.29) is 0 Å². The first-order valence-electron chi connectivity index (χ1n) is 5.39. The molecule has 0 fully saturated rings. The number of hydrogen-bond acceptors (Lipinski definition) is 3. The molecule has 0 atom stereocenters. The smallest absolute Gasteiger partial charge is 0.219 e. The van der Waals surface area contributed by atoms with Crippen LogP contribution in [0.5, 0.6) is 11.6 Å². The third-order valence-corrected chi connectivity index (χ3v) is 2.88. The van der Waals surface area contributed by atoms with Crippen molar-refractivity contribution < 1.29 is 4.74 Å². The number of rotatable bonds is 3. The SMILES string of the molecule is Cc1nc(Oc2cc(Cl)cc(Cl)c2)ccc1CN. The van der Waals surface area contributed by atoms with Crippen LogP contribution in [0, 0.1) is 6.92 Å². The van der Waals surface area contributed by atoms with E-state index >= 15 is 0 Å². The van der Waals surface area contributed by atoms with Crippen molar-refractivity contribution in [3.63, 3.8) is 0 Å². The van der Waals surface area contributed by atoms with Crippen molar-refractivity contribution in [1.29, 1.82) is 0 Å². The van der Waals surface area contributed by atoms with Crippen molar-refractivity contribution >= 4 is 23.2 Å². The van der Waals surface area contributed by atoms with E-state index in [9.17, 15) is 0 Å². The molecule has 1 aromatic carbocycles. The largest absolute Gasteiger partial charge is 0.439 e. The standard InChI is InChI=1S/C13H12Cl2N2O/c1-8-9(7-16)2-3-13(17-8)18-12-5-10(14)4-11(15)6-12/h2-6H,7,16H2,1H3. The van der Waals surface area contributed by atoms with Crippen LogP contribution < -0.4 is 10.5 Å². The number of aromatic nitrogens is 1. The minimum atomic E-state index is 0.460. The summed E-state index contributed by atoms with van der Waals surface area (Å²) >= 11 is 11.8. The van der Waals surface area contributed by atoms with Crippen LogP contribution in [0.2, 0.25) is 10.0 Å². The van der Waals surface area contributed by atoms with Gasteiger partial charge in [0.25, 0.3) is 0 Å². The van der Waals surface area contributed by atoms with Crippen molar-refractivity contribution in [2.75, 3.05) is 0 Å². The summed E-state index contributed by atoms with van der Waals surface area (Å²) in [6.45, 7) is 2.35. The molecule has 0 amide bonds. The quantitative estimate of drug-likeness (QED) is 0.927. The summed E-state index contributed by atoms with van der Waals surface area (Å²) in [7, 11) is 0. The van der Waals surface area contributed by atoms with Gasteiger partial charge < -0.3 is 10.5 Å². The normalized spacial score (nSPS) is 10.4. The van der Waals surface area contributed by atoms with E-state index in [1.54, 1.807) is 24.3 Å². The molecule has 0 radical (unpaired) electrons. The molecule has 18 heavy (non-hydrogen) atoms. The molecule has 0 aliphatic heterocycles. The van der Waals surface area contributed by atoms with Gasteiger partial charge in [-0.1, -0.05) is 29.3 Å². The summed E-state index contributed by atoms with van der Waals surface area (Å²) in [6.07, 6.45) is 0. The molecule has 1 heterocycles. The number of halogens is 2. The number of hydrogen-bond donors (Lipinski definition) is 1. The molecule has 5 heteroatoms. The first-order valence-corrected chi connectivity index (χ1v) is 6.14. The molecule has 0 bridgehead atoms. The van der Waals surface area contributed by atoms with Crippen LogP contribution in [-0.4, -0.2) is 4.98 Å². The highest BCUT2D eigenvalue weighted by atomic mass is 35.5. The number of pyridine rings is 1. The van der Waals surface area contributed by atoms with Crippen LogP contribution in [0.4, 0.5) is 0 Å². The first-order chi connectivity index (χ1) is 8.58. The Hall–Kier alpha value is -1.29. The van der Waals surface area contributed by atoms with Gasteiger partial charge in [-0.25, -0.2) is 4.98 Å². The van der Waals surface area contributed by atoms with E-state index in [2.05, 4.69) is 4.98 Å². The zero-order chi connectivity index (χ0) is 13.1. The molecule has 0 saturated carbocycles. The number of nitrogens with zero attached hydrogens (tertiary/aromatic N) is 1. The lowest BCUT2D eigenvalue weighted by atomic mass is 10.2. The molecule has 0 aliphatic rings. The molecule has 0 saturated heterocycles. The summed E-state index contributed by atoms with van der Waals surface area (Å²) < 4.78 is 5.60. The fraction of sp³-hybridized carbons (Fsp3) is 0.154. The zero-order valence-electron chi connectivity index (χ0n) is 9.78. The van der Waals surface area contributed by atoms with Crippen LogP contribution in [0.15, 0.2) is 30.3 Å². The topological polar surface area (TPSA) is 48.1 Å². The van der Waals surface area contributed by atoms with Crippen molar-refractivity contribution in [1.82, 2.24) is 4.98 Å². The lowest BCUT2D eigenvalue weighted by molar-refractivity contribution is 0.461. The van der Waals surface area contributed by atoms with Crippen LogP contribution >= 0.6 is 23.2 Å². The van der Waals surface area contributed by atoms with Crippen LogP contribution in [0.3, 0.4) is 0 Å². The lowest BCUT2D eigenvalue weighted by Gasteiger charge is -2.08. The highest BCUT2D eigenvalue weighted by Crippen LogP contribution is 2.27. The van der Waals surface area contributed by atoms with Gasteiger partial charge in [0.15, 0.2) is 0 Å². The van der Waals surface area contributed by atoms with Gasteiger partial charge in [0.1, 0.15) is 5.75 Å². The minimum Gasteiger partial charge on any atom is -0.439 e. The molecule has 2 rings (SSSR count). The highest BCUT2D eigenvalue weighted by Gasteiger charge is 2.04. The maximum absolute atomic E-state index is 5.89. The second-order valence-corrected chi connectivity index (χ2v) is 4.68. The molecule has 2 N–H and O–H groups in total. The fourth-order valence-corrected chi connectivity index (χ4v) is 2.05. The Morgan fingerprint density at radius 1 is 1.17 bits per heavy atom. The molecule has 0 aliphatic carbocycles. The molecule has 0 unspecified atom stereocenters. The number of benzene rings is 1. The lowest BCUT2D eigenvalue weighted by Crippen LogP contribution is -2.01. The van der Waals surface area contributed by atoms with Gasteiger partial charge in [-0.05, 0) is 30.7 Å². The summed E-state index contributed by atoms with van der Waals surface area (Å²) in [4.78, 5) is 4.31. The summed E-state index contributed by atoms with van der Waals surface area (Å²) in [6, 6.07) is 8.67. The van der Waals surface area contributed by atoms with E-state index < -0.39 is 0 Å². The average molecular weight is 283 g/mol. The molecular formula is C13H12Cl2N2O.